The largest absolute Gasteiger partial charge is 0.444 e. The van der Waals surface area contributed by atoms with E-state index < -0.39 is 23.4 Å². The summed E-state index contributed by atoms with van der Waals surface area (Å²) < 4.78 is 42.0. The van der Waals surface area contributed by atoms with E-state index in [4.69, 9.17) is 4.74 Å². The molecule has 0 saturated heterocycles. The molecule has 0 bridgehead atoms. The van der Waals surface area contributed by atoms with Crippen LogP contribution in [-0.4, -0.2) is 23.2 Å². The van der Waals surface area contributed by atoms with Gasteiger partial charge in [0.05, 0.1) is 11.3 Å². The highest BCUT2D eigenvalue weighted by atomic mass is 19.4. The number of nitrogens with zero attached hydrogens (tertiary/aromatic N) is 1. The Morgan fingerprint density at radius 2 is 2.00 bits per heavy atom. The van der Waals surface area contributed by atoms with Crippen LogP contribution in [-0.2, 0) is 10.9 Å². The number of alkyl halides is 3. The van der Waals surface area contributed by atoms with Crippen molar-refractivity contribution in [1.29, 1.82) is 0 Å². The van der Waals surface area contributed by atoms with Crippen LogP contribution in [0.2, 0.25) is 0 Å². The molecule has 1 N–H and O–H groups in total. The summed E-state index contributed by atoms with van der Waals surface area (Å²) in [4.78, 5) is 15.0. The zero-order valence-corrected chi connectivity index (χ0v) is 12.0. The summed E-state index contributed by atoms with van der Waals surface area (Å²) in [5, 5.41) is 2.49. The number of hydrogen-bond donors (Lipinski definition) is 1. The minimum atomic E-state index is -4.40. The number of rotatable bonds is 3. The highest BCUT2D eigenvalue weighted by Crippen LogP contribution is 2.28. The smallest absolute Gasteiger partial charge is 0.417 e. The fraction of sp³-hybridized carbons (Fsp3) is 0.429. The third-order valence-electron chi connectivity index (χ3n) is 2.17. The van der Waals surface area contributed by atoms with Gasteiger partial charge in [-0.3, -0.25) is 4.98 Å². The van der Waals surface area contributed by atoms with Gasteiger partial charge in [0, 0.05) is 12.7 Å². The van der Waals surface area contributed by atoms with Gasteiger partial charge >= 0.3 is 12.3 Å². The number of ether oxygens (including phenoxy) is 1. The van der Waals surface area contributed by atoms with Crippen LogP contribution >= 0.6 is 0 Å². The standard InChI is InChI=1S/C14H17F3N2O2/c1-13(2,3)21-12(20)18-8-4-5-11-7-6-10(9-19-11)14(15,16)17/h4-7,9H,8H2,1-3H3,(H,18,20). The van der Waals surface area contributed by atoms with Crippen molar-refractivity contribution < 1.29 is 22.7 Å². The molecule has 0 radical (unpaired) electrons. The van der Waals surface area contributed by atoms with Crippen LogP contribution in [0, 0.1) is 0 Å². The van der Waals surface area contributed by atoms with E-state index in [9.17, 15) is 18.0 Å². The van der Waals surface area contributed by atoms with E-state index in [0.717, 1.165) is 12.3 Å². The van der Waals surface area contributed by atoms with Gasteiger partial charge in [-0.2, -0.15) is 13.2 Å². The van der Waals surface area contributed by atoms with E-state index in [-0.39, 0.29) is 6.54 Å². The van der Waals surface area contributed by atoms with E-state index in [1.165, 1.54) is 12.1 Å². The Morgan fingerprint density at radius 3 is 2.48 bits per heavy atom. The normalized spacial score (nSPS) is 12.5. The topological polar surface area (TPSA) is 51.2 Å². The minimum Gasteiger partial charge on any atom is -0.444 e. The molecule has 4 nitrogen and oxygen atoms in total. The van der Waals surface area contributed by atoms with Crippen molar-refractivity contribution in [3.05, 3.63) is 35.7 Å². The lowest BCUT2D eigenvalue weighted by Crippen LogP contribution is -2.32. The molecule has 0 aliphatic rings. The van der Waals surface area contributed by atoms with Crippen LogP contribution in [0.1, 0.15) is 32.0 Å². The molecule has 0 aliphatic carbocycles. The van der Waals surface area contributed by atoms with Crippen LogP contribution in [0.3, 0.4) is 0 Å². The molecule has 0 spiro atoms. The van der Waals surface area contributed by atoms with Gasteiger partial charge in [0.25, 0.3) is 0 Å². The maximum Gasteiger partial charge on any atom is 0.417 e. The Bertz CT molecular complexity index is 502. The van der Waals surface area contributed by atoms with Gasteiger partial charge in [0.2, 0.25) is 0 Å². The van der Waals surface area contributed by atoms with E-state index in [1.54, 1.807) is 26.8 Å². The second kappa shape index (κ2) is 6.60. The lowest BCUT2D eigenvalue weighted by Gasteiger charge is -2.19. The number of carbonyl (C=O) groups is 1. The van der Waals surface area contributed by atoms with Crippen molar-refractivity contribution in [2.75, 3.05) is 6.54 Å². The molecule has 0 aromatic carbocycles. The zero-order chi connectivity index (χ0) is 16.1. The summed E-state index contributed by atoms with van der Waals surface area (Å²) in [5.74, 6) is 0. The number of alkyl carbamates (subject to hydrolysis) is 1. The number of pyridine rings is 1. The Hall–Kier alpha value is -2.05. The number of aromatic nitrogens is 1. The van der Waals surface area contributed by atoms with E-state index in [2.05, 4.69) is 10.3 Å². The first-order valence-electron chi connectivity index (χ1n) is 6.24. The number of nitrogens with one attached hydrogen (secondary N) is 1. The van der Waals surface area contributed by atoms with E-state index in [1.807, 2.05) is 0 Å². The second-order valence-corrected chi connectivity index (χ2v) is 5.25. The van der Waals surface area contributed by atoms with Crippen LogP contribution in [0.4, 0.5) is 18.0 Å². The lowest BCUT2D eigenvalue weighted by molar-refractivity contribution is -0.137. The first kappa shape index (κ1) is 17.0. The van der Waals surface area contributed by atoms with Gasteiger partial charge in [-0.1, -0.05) is 6.08 Å². The summed E-state index contributed by atoms with van der Waals surface area (Å²) >= 11 is 0. The van der Waals surface area contributed by atoms with Gasteiger partial charge < -0.3 is 10.1 Å². The Labute approximate surface area is 121 Å². The molecule has 0 atom stereocenters. The number of carbonyl (C=O) groups excluding carboxylic acids is 1. The Morgan fingerprint density at radius 1 is 1.33 bits per heavy atom. The molecular weight excluding hydrogens is 285 g/mol. The quantitative estimate of drug-likeness (QED) is 0.927. The van der Waals surface area contributed by atoms with Crippen molar-refractivity contribution in [3.8, 4) is 0 Å². The first-order chi connectivity index (χ1) is 9.58. The molecular formula is C14H17F3N2O2. The molecule has 0 saturated carbocycles. The van der Waals surface area contributed by atoms with Gasteiger partial charge in [-0.25, -0.2) is 4.79 Å². The zero-order valence-electron chi connectivity index (χ0n) is 12.0. The molecule has 0 fully saturated rings. The molecule has 7 heteroatoms. The molecule has 1 heterocycles. The van der Waals surface area contributed by atoms with Gasteiger partial charge in [0.15, 0.2) is 0 Å². The average molecular weight is 302 g/mol. The van der Waals surface area contributed by atoms with Crippen molar-refractivity contribution >= 4 is 12.2 Å². The summed E-state index contributed by atoms with van der Waals surface area (Å²) in [5.41, 5.74) is -1.01. The van der Waals surface area contributed by atoms with Crippen LogP contribution in [0.15, 0.2) is 24.4 Å². The fourth-order valence-corrected chi connectivity index (χ4v) is 1.31. The molecule has 116 valence electrons. The Kier molecular flexibility index (Phi) is 5.34. The summed E-state index contributed by atoms with van der Waals surface area (Å²) in [6.45, 7) is 5.43. The number of hydrogen-bond acceptors (Lipinski definition) is 3. The molecule has 1 amide bonds. The van der Waals surface area contributed by atoms with Crippen LogP contribution < -0.4 is 5.32 Å². The van der Waals surface area contributed by atoms with Crippen molar-refractivity contribution in [2.24, 2.45) is 0 Å². The predicted octanol–water partition coefficient (Wildman–Crippen LogP) is 3.64. The third kappa shape index (κ3) is 6.78. The Balaban J connectivity index is 2.46. The SMILES string of the molecule is CC(C)(C)OC(=O)NCC=Cc1ccc(C(F)(F)F)cn1. The minimum absolute atomic E-state index is 0.192. The van der Waals surface area contributed by atoms with Gasteiger partial charge in [-0.15, -0.1) is 0 Å². The highest BCUT2D eigenvalue weighted by Gasteiger charge is 2.30. The van der Waals surface area contributed by atoms with Crippen molar-refractivity contribution in [3.63, 3.8) is 0 Å². The average Bonchev–Trinajstić information content (AvgIpc) is 2.32. The third-order valence-corrected chi connectivity index (χ3v) is 2.17. The number of amides is 1. The van der Waals surface area contributed by atoms with Crippen molar-refractivity contribution in [1.82, 2.24) is 10.3 Å². The molecule has 0 aliphatic heterocycles. The number of halogens is 3. The monoisotopic (exact) mass is 302 g/mol. The summed E-state index contributed by atoms with van der Waals surface area (Å²) in [6, 6.07) is 2.21. The van der Waals surface area contributed by atoms with E-state index >= 15 is 0 Å². The van der Waals surface area contributed by atoms with Crippen molar-refractivity contribution in [2.45, 2.75) is 32.5 Å². The van der Waals surface area contributed by atoms with Crippen LogP contribution in [0.25, 0.3) is 6.08 Å². The van der Waals surface area contributed by atoms with Gasteiger partial charge in [0.1, 0.15) is 5.60 Å². The van der Waals surface area contributed by atoms with Crippen LogP contribution in [0.5, 0.6) is 0 Å². The summed E-state index contributed by atoms with van der Waals surface area (Å²) in [6.07, 6.45) is -1.11. The molecule has 0 unspecified atom stereocenters. The fourth-order valence-electron chi connectivity index (χ4n) is 1.31. The highest BCUT2D eigenvalue weighted by molar-refractivity contribution is 5.68. The summed E-state index contributed by atoms with van der Waals surface area (Å²) in [7, 11) is 0. The van der Waals surface area contributed by atoms with Gasteiger partial charge in [-0.05, 0) is 39.0 Å². The first-order valence-corrected chi connectivity index (χ1v) is 6.24. The molecule has 1 rings (SSSR count). The maximum atomic E-state index is 12.3. The maximum absolute atomic E-state index is 12.3. The molecule has 21 heavy (non-hydrogen) atoms. The lowest BCUT2D eigenvalue weighted by atomic mass is 10.2. The molecule has 1 aromatic rings. The van der Waals surface area contributed by atoms with E-state index in [0.29, 0.717) is 5.69 Å². The molecule has 1 aromatic heterocycles. The predicted molar refractivity (Wildman–Crippen MR) is 72.5 cm³/mol. The second-order valence-electron chi connectivity index (χ2n) is 5.25.